The molecule has 0 radical (unpaired) electrons. The third-order valence-corrected chi connectivity index (χ3v) is 3.61. The van der Waals surface area contributed by atoms with Crippen molar-refractivity contribution in [3.8, 4) is 11.5 Å². The molecule has 0 aliphatic carbocycles. The molecule has 0 amide bonds. The van der Waals surface area contributed by atoms with Crippen molar-refractivity contribution in [2.45, 2.75) is 11.3 Å². The Morgan fingerprint density at radius 2 is 1.84 bits per heavy atom. The van der Waals surface area contributed by atoms with Gasteiger partial charge in [0.1, 0.15) is 10.7 Å². The molecule has 1 aromatic rings. The van der Waals surface area contributed by atoms with Gasteiger partial charge in [-0.15, -0.1) is 0 Å². The molecule has 0 atom stereocenters. The molecule has 0 saturated carbocycles. The fraction of sp³-hybridized carbons (Fsp3) is 0.455. The summed E-state index contributed by atoms with van der Waals surface area (Å²) in [5.74, 6) is 4.02. The standard InChI is InChI=1S/C11H16FNO5S/c1-16-9-7(4-5-18-13)6-8(12)11(10(9)17-2)19(3,14)15/h6H,4-5,13H2,1-3H3. The second-order valence-corrected chi connectivity index (χ2v) is 5.76. The Labute approximate surface area is 111 Å². The van der Waals surface area contributed by atoms with Crippen LogP contribution in [0.5, 0.6) is 11.5 Å². The highest BCUT2D eigenvalue weighted by molar-refractivity contribution is 7.90. The lowest BCUT2D eigenvalue weighted by Gasteiger charge is -2.16. The Bertz CT molecular complexity index is 559. The minimum absolute atomic E-state index is 0.136. The van der Waals surface area contributed by atoms with Crippen molar-refractivity contribution >= 4 is 9.84 Å². The van der Waals surface area contributed by atoms with Crippen molar-refractivity contribution < 1.29 is 27.1 Å². The van der Waals surface area contributed by atoms with Gasteiger partial charge >= 0.3 is 0 Å². The fourth-order valence-corrected chi connectivity index (χ4v) is 2.68. The summed E-state index contributed by atoms with van der Waals surface area (Å²) < 4.78 is 47.2. The topological polar surface area (TPSA) is 87.9 Å². The Morgan fingerprint density at radius 3 is 2.26 bits per heavy atom. The molecule has 108 valence electrons. The number of hydrogen-bond acceptors (Lipinski definition) is 6. The zero-order valence-electron chi connectivity index (χ0n) is 10.9. The number of rotatable bonds is 6. The molecule has 19 heavy (non-hydrogen) atoms. The van der Waals surface area contributed by atoms with Crippen molar-refractivity contribution in [3.05, 3.63) is 17.4 Å². The van der Waals surface area contributed by atoms with Gasteiger partial charge in [0.15, 0.2) is 21.3 Å². The lowest BCUT2D eigenvalue weighted by Crippen LogP contribution is -2.10. The van der Waals surface area contributed by atoms with E-state index in [1.54, 1.807) is 0 Å². The smallest absolute Gasteiger partial charge is 0.182 e. The van der Waals surface area contributed by atoms with Crippen LogP contribution >= 0.6 is 0 Å². The first-order chi connectivity index (χ1) is 8.86. The Morgan fingerprint density at radius 1 is 1.26 bits per heavy atom. The number of hydrogen-bond donors (Lipinski definition) is 1. The zero-order valence-corrected chi connectivity index (χ0v) is 11.7. The molecule has 0 heterocycles. The molecule has 2 N–H and O–H groups in total. The third kappa shape index (κ3) is 3.34. The number of halogens is 1. The third-order valence-electron chi connectivity index (χ3n) is 2.49. The van der Waals surface area contributed by atoms with Gasteiger partial charge in [0, 0.05) is 18.2 Å². The average Bonchev–Trinajstić information content (AvgIpc) is 2.33. The minimum Gasteiger partial charge on any atom is -0.493 e. The predicted molar refractivity (Wildman–Crippen MR) is 66.5 cm³/mol. The molecule has 0 fully saturated rings. The van der Waals surface area contributed by atoms with Gasteiger partial charge in [0.2, 0.25) is 0 Å². The molecule has 8 heteroatoms. The zero-order chi connectivity index (χ0) is 14.6. The van der Waals surface area contributed by atoms with E-state index in [2.05, 4.69) is 4.84 Å². The van der Waals surface area contributed by atoms with E-state index in [0.717, 1.165) is 12.3 Å². The Balaban J connectivity index is 3.54. The largest absolute Gasteiger partial charge is 0.493 e. The van der Waals surface area contributed by atoms with Crippen LogP contribution in [0.1, 0.15) is 5.56 Å². The average molecular weight is 293 g/mol. The number of ether oxygens (including phenoxy) is 2. The van der Waals surface area contributed by atoms with Gasteiger partial charge in [-0.3, -0.25) is 0 Å². The monoisotopic (exact) mass is 293 g/mol. The van der Waals surface area contributed by atoms with Crippen LogP contribution in [0.3, 0.4) is 0 Å². The van der Waals surface area contributed by atoms with E-state index in [-0.39, 0.29) is 24.5 Å². The second-order valence-electron chi connectivity index (χ2n) is 3.81. The molecule has 0 saturated heterocycles. The predicted octanol–water partition coefficient (Wildman–Crippen LogP) is 0.679. The van der Waals surface area contributed by atoms with Crippen molar-refractivity contribution in [2.24, 2.45) is 5.90 Å². The molecule has 0 aliphatic heterocycles. The SMILES string of the molecule is COc1c(CCON)cc(F)c(S(C)(=O)=O)c1OC. The lowest BCUT2D eigenvalue weighted by atomic mass is 10.1. The number of methoxy groups -OCH3 is 2. The number of nitrogens with two attached hydrogens (primary N) is 1. The lowest BCUT2D eigenvalue weighted by molar-refractivity contribution is 0.140. The summed E-state index contributed by atoms with van der Waals surface area (Å²) in [5.41, 5.74) is 0.412. The highest BCUT2D eigenvalue weighted by Gasteiger charge is 2.26. The number of benzene rings is 1. The first-order valence-electron chi connectivity index (χ1n) is 5.31. The van der Waals surface area contributed by atoms with Gasteiger partial charge < -0.3 is 14.3 Å². The summed E-state index contributed by atoms with van der Waals surface area (Å²) in [6, 6.07) is 1.08. The first-order valence-corrected chi connectivity index (χ1v) is 7.21. The summed E-state index contributed by atoms with van der Waals surface area (Å²) in [7, 11) is -1.19. The normalized spacial score (nSPS) is 11.4. The summed E-state index contributed by atoms with van der Waals surface area (Å²) in [6.45, 7) is 0.136. The highest BCUT2D eigenvalue weighted by Crippen LogP contribution is 2.39. The van der Waals surface area contributed by atoms with Gasteiger partial charge in [-0.2, -0.15) is 0 Å². The van der Waals surface area contributed by atoms with Crippen LogP contribution in [0.4, 0.5) is 4.39 Å². The molecule has 6 nitrogen and oxygen atoms in total. The molecular formula is C11H16FNO5S. The summed E-state index contributed by atoms with van der Waals surface area (Å²) in [6.07, 6.45) is 1.16. The van der Waals surface area contributed by atoms with Crippen molar-refractivity contribution in [1.29, 1.82) is 0 Å². The van der Waals surface area contributed by atoms with Gasteiger partial charge in [-0.05, 0) is 6.07 Å². The molecular weight excluding hydrogens is 277 g/mol. The quantitative estimate of drug-likeness (QED) is 0.776. The second kappa shape index (κ2) is 6.18. The van der Waals surface area contributed by atoms with E-state index < -0.39 is 20.5 Å². The van der Waals surface area contributed by atoms with E-state index in [9.17, 15) is 12.8 Å². The fourth-order valence-electron chi connectivity index (χ4n) is 1.75. The van der Waals surface area contributed by atoms with E-state index in [4.69, 9.17) is 15.4 Å². The van der Waals surface area contributed by atoms with Gasteiger partial charge in [0.25, 0.3) is 0 Å². The maximum Gasteiger partial charge on any atom is 0.182 e. The maximum atomic E-state index is 14.0. The van der Waals surface area contributed by atoms with E-state index >= 15 is 0 Å². The van der Waals surface area contributed by atoms with E-state index in [1.807, 2.05) is 0 Å². The van der Waals surface area contributed by atoms with Crippen LogP contribution in [-0.4, -0.2) is 35.5 Å². The molecule has 0 bridgehead atoms. The highest BCUT2D eigenvalue weighted by atomic mass is 32.2. The summed E-state index contributed by atoms with van der Waals surface area (Å²) in [5, 5.41) is 0. The number of sulfone groups is 1. The molecule has 0 aliphatic rings. The Kier molecular flexibility index (Phi) is 5.10. The maximum absolute atomic E-state index is 14.0. The molecule has 0 unspecified atom stereocenters. The van der Waals surface area contributed by atoms with Crippen LogP contribution in [0, 0.1) is 5.82 Å². The van der Waals surface area contributed by atoms with E-state index in [1.165, 1.54) is 14.2 Å². The Hall–Kier alpha value is -1.38. The van der Waals surface area contributed by atoms with Crippen LogP contribution < -0.4 is 15.4 Å². The van der Waals surface area contributed by atoms with E-state index in [0.29, 0.717) is 5.56 Å². The molecule has 0 spiro atoms. The van der Waals surface area contributed by atoms with Crippen LogP contribution in [0.2, 0.25) is 0 Å². The molecule has 0 aromatic heterocycles. The molecule has 1 rings (SSSR count). The van der Waals surface area contributed by atoms with Crippen LogP contribution in [-0.2, 0) is 21.1 Å². The van der Waals surface area contributed by atoms with Crippen molar-refractivity contribution in [2.75, 3.05) is 27.1 Å². The summed E-state index contributed by atoms with van der Waals surface area (Å²) >= 11 is 0. The molecule has 1 aromatic carbocycles. The summed E-state index contributed by atoms with van der Waals surface area (Å²) in [4.78, 5) is 3.90. The van der Waals surface area contributed by atoms with Gasteiger partial charge in [-0.25, -0.2) is 18.7 Å². The van der Waals surface area contributed by atoms with Crippen LogP contribution in [0.25, 0.3) is 0 Å². The van der Waals surface area contributed by atoms with Crippen molar-refractivity contribution in [1.82, 2.24) is 0 Å². The first kappa shape index (κ1) is 15.7. The minimum atomic E-state index is -3.78. The van der Waals surface area contributed by atoms with Gasteiger partial charge in [-0.1, -0.05) is 0 Å². The van der Waals surface area contributed by atoms with Crippen LogP contribution in [0.15, 0.2) is 11.0 Å². The van der Waals surface area contributed by atoms with Crippen molar-refractivity contribution in [3.63, 3.8) is 0 Å². The van der Waals surface area contributed by atoms with Gasteiger partial charge in [0.05, 0.1) is 20.8 Å².